The zero-order valence-electron chi connectivity index (χ0n) is 8.33. The van der Waals surface area contributed by atoms with Crippen molar-refractivity contribution in [3.05, 3.63) is 35.2 Å². The zero-order chi connectivity index (χ0) is 11.5. The van der Waals surface area contributed by atoms with Crippen molar-refractivity contribution in [1.29, 1.82) is 0 Å². The number of nitrogens with zero attached hydrogens (tertiary/aromatic N) is 2. The Labute approximate surface area is 109 Å². The maximum Gasteiger partial charge on any atom is 0.116 e. The van der Waals surface area contributed by atoms with Gasteiger partial charge in [0.15, 0.2) is 0 Å². The molecule has 0 radical (unpaired) electrons. The summed E-state index contributed by atoms with van der Waals surface area (Å²) >= 11 is 17.6. The maximum absolute atomic E-state index is 6.01. The zero-order valence-corrected chi connectivity index (χ0v) is 10.6. The second-order valence-corrected chi connectivity index (χ2v) is 4.80. The summed E-state index contributed by atoms with van der Waals surface area (Å²) in [4.78, 5) is 8.39. The number of benzene rings is 1. The van der Waals surface area contributed by atoms with Gasteiger partial charge in [-0.25, -0.2) is 9.97 Å². The molecule has 1 aromatic carbocycles. The molecule has 1 heterocycles. The highest BCUT2D eigenvalue weighted by Crippen LogP contribution is 2.21. The SMILES string of the molecule is ClCC(Cl)Cc1ncnc2cc(Cl)ccc12. The first-order chi connectivity index (χ1) is 7.70. The van der Waals surface area contributed by atoms with Gasteiger partial charge in [-0.05, 0) is 18.2 Å². The van der Waals surface area contributed by atoms with Crippen molar-refractivity contribution < 1.29 is 0 Å². The molecule has 16 heavy (non-hydrogen) atoms. The average molecular weight is 276 g/mol. The summed E-state index contributed by atoms with van der Waals surface area (Å²) in [5, 5.41) is 1.52. The van der Waals surface area contributed by atoms with Gasteiger partial charge in [0, 0.05) is 22.7 Å². The molecule has 0 aliphatic heterocycles. The van der Waals surface area contributed by atoms with E-state index in [0.29, 0.717) is 17.3 Å². The van der Waals surface area contributed by atoms with Crippen LogP contribution >= 0.6 is 34.8 Å². The third-order valence-electron chi connectivity index (χ3n) is 2.26. The molecule has 0 saturated heterocycles. The van der Waals surface area contributed by atoms with Crippen LogP contribution < -0.4 is 0 Å². The fourth-order valence-corrected chi connectivity index (χ4v) is 1.93. The van der Waals surface area contributed by atoms with E-state index in [9.17, 15) is 0 Å². The van der Waals surface area contributed by atoms with E-state index in [1.165, 1.54) is 6.33 Å². The topological polar surface area (TPSA) is 25.8 Å². The molecule has 2 nitrogen and oxygen atoms in total. The highest BCUT2D eigenvalue weighted by molar-refractivity contribution is 6.31. The number of rotatable bonds is 3. The van der Waals surface area contributed by atoms with E-state index >= 15 is 0 Å². The molecule has 0 aliphatic rings. The molecular weight excluding hydrogens is 266 g/mol. The van der Waals surface area contributed by atoms with Crippen LogP contribution in [0.15, 0.2) is 24.5 Å². The van der Waals surface area contributed by atoms with E-state index in [0.717, 1.165) is 16.6 Å². The first-order valence-corrected chi connectivity index (χ1v) is 6.15. The van der Waals surface area contributed by atoms with Crippen molar-refractivity contribution >= 4 is 45.7 Å². The molecule has 1 unspecified atom stereocenters. The predicted octanol–water partition coefficient (Wildman–Crippen LogP) is 3.67. The second-order valence-electron chi connectivity index (χ2n) is 3.44. The summed E-state index contributed by atoms with van der Waals surface area (Å²) in [5.41, 5.74) is 1.73. The van der Waals surface area contributed by atoms with Crippen molar-refractivity contribution in [2.75, 3.05) is 5.88 Å². The minimum Gasteiger partial charge on any atom is -0.241 e. The van der Waals surface area contributed by atoms with Crippen LogP contribution in [0.1, 0.15) is 5.69 Å². The van der Waals surface area contributed by atoms with E-state index in [2.05, 4.69) is 9.97 Å². The lowest BCUT2D eigenvalue weighted by Gasteiger charge is -2.07. The van der Waals surface area contributed by atoms with Crippen molar-refractivity contribution in [3.8, 4) is 0 Å². The van der Waals surface area contributed by atoms with Crippen LogP contribution in [0.5, 0.6) is 0 Å². The van der Waals surface area contributed by atoms with Crippen LogP contribution in [0.2, 0.25) is 5.02 Å². The molecule has 5 heteroatoms. The molecule has 2 rings (SSSR count). The lowest BCUT2D eigenvalue weighted by atomic mass is 10.1. The van der Waals surface area contributed by atoms with E-state index in [1.807, 2.05) is 18.2 Å². The molecule has 0 spiro atoms. The minimum absolute atomic E-state index is 0.115. The standard InChI is InChI=1S/C11H9Cl3N2/c12-5-8(14)4-11-9-2-1-7(13)3-10(9)15-6-16-11/h1-3,6,8H,4-5H2. The maximum atomic E-state index is 6.01. The van der Waals surface area contributed by atoms with E-state index < -0.39 is 0 Å². The Balaban J connectivity index is 2.45. The molecule has 0 saturated carbocycles. The Morgan fingerprint density at radius 3 is 2.81 bits per heavy atom. The van der Waals surface area contributed by atoms with E-state index in [1.54, 1.807) is 0 Å². The van der Waals surface area contributed by atoms with Gasteiger partial charge in [-0.2, -0.15) is 0 Å². The Hall–Kier alpha value is -0.570. The first kappa shape index (κ1) is 11.9. The Bertz CT molecular complexity index is 502. The summed E-state index contributed by atoms with van der Waals surface area (Å²) in [5.74, 6) is 0.403. The van der Waals surface area contributed by atoms with Crippen LogP contribution in [0, 0.1) is 0 Å². The van der Waals surface area contributed by atoms with Gasteiger partial charge in [0.05, 0.1) is 16.6 Å². The van der Waals surface area contributed by atoms with Gasteiger partial charge in [0.1, 0.15) is 6.33 Å². The Morgan fingerprint density at radius 1 is 1.25 bits per heavy atom. The number of alkyl halides is 2. The molecular formula is C11H9Cl3N2. The normalized spacial score (nSPS) is 12.9. The second kappa shape index (κ2) is 5.17. The fraction of sp³-hybridized carbons (Fsp3) is 0.273. The Morgan fingerprint density at radius 2 is 2.06 bits per heavy atom. The van der Waals surface area contributed by atoms with Crippen LogP contribution in [-0.4, -0.2) is 21.2 Å². The lowest BCUT2D eigenvalue weighted by molar-refractivity contribution is 0.900. The fourth-order valence-electron chi connectivity index (χ4n) is 1.51. The first-order valence-electron chi connectivity index (χ1n) is 4.80. The van der Waals surface area contributed by atoms with Crippen LogP contribution in [0.25, 0.3) is 10.9 Å². The molecule has 2 aromatic rings. The molecule has 1 aromatic heterocycles. The number of fused-ring (bicyclic) bond motifs is 1. The van der Waals surface area contributed by atoms with Crippen molar-refractivity contribution in [1.82, 2.24) is 9.97 Å². The van der Waals surface area contributed by atoms with Gasteiger partial charge in [-0.3, -0.25) is 0 Å². The number of hydrogen-bond donors (Lipinski definition) is 0. The number of hydrogen-bond acceptors (Lipinski definition) is 2. The van der Waals surface area contributed by atoms with Gasteiger partial charge in [-0.15, -0.1) is 23.2 Å². The van der Waals surface area contributed by atoms with Gasteiger partial charge < -0.3 is 0 Å². The third-order valence-corrected chi connectivity index (χ3v) is 3.34. The molecule has 0 aliphatic carbocycles. The minimum atomic E-state index is -0.115. The van der Waals surface area contributed by atoms with Gasteiger partial charge in [-0.1, -0.05) is 11.6 Å². The van der Waals surface area contributed by atoms with Gasteiger partial charge in [0.25, 0.3) is 0 Å². The van der Waals surface area contributed by atoms with Crippen LogP contribution in [-0.2, 0) is 6.42 Å². The quantitative estimate of drug-likeness (QED) is 0.799. The van der Waals surface area contributed by atoms with Gasteiger partial charge >= 0.3 is 0 Å². The van der Waals surface area contributed by atoms with Crippen molar-refractivity contribution in [2.45, 2.75) is 11.8 Å². The highest BCUT2D eigenvalue weighted by atomic mass is 35.5. The van der Waals surface area contributed by atoms with Crippen LogP contribution in [0.3, 0.4) is 0 Å². The molecule has 0 fully saturated rings. The molecule has 0 bridgehead atoms. The number of halogens is 3. The lowest BCUT2D eigenvalue weighted by Crippen LogP contribution is -2.07. The Kier molecular flexibility index (Phi) is 3.85. The third kappa shape index (κ3) is 2.57. The van der Waals surface area contributed by atoms with Crippen molar-refractivity contribution in [3.63, 3.8) is 0 Å². The number of aromatic nitrogens is 2. The monoisotopic (exact) mass is 274 g/mol. The summed E-state index contributed by atoms with van der Waals surface area (Å²) in [7, 11) is 0. The molecule has 84 valence electrons. The van der Waals surface area contributed by atoms with Gasteiger partial charge in [0.2, 0.25) is 0 Å². The highest BCUT2D eigenvalue weighted by Gasteiger charge is 2.09. The van der Waals surface area contributed by atoms with Crippen molar-refractivity contribution in [2.24, 2.45) is 0 Å². The predicted molar refractivity (Wildman–Crippen MR) is 68.6 cm³/mol. The van der Waals surface area contributed by atoms with E-state index in [-0.39, 0.29) is 5.38 Å². The molecule has 1 atom stereocenters. The molecule has 0 N–H and O–H groups in total. The van der Waals surface area contributed by atoms with E-state index in [4.69, 9.17) is 34.8 Å². The summed E-state index contributed by atoms with van der Waals surface area (Å²) in [6.07, 6.45) is 2.15. The average Bonchev–Trinajstić information content (AvgIpc) is 2.28. The largest absolute Gasteiger partial charge is 0.241 e. The summed E-state index contributed by atoms with van der Waals surface area (Å²) < 4.78 is 0. The molecule has 0 amide bonds. The smallest absolute Gasteiger partial charge is 0.116 e. The summed E-state index contributed by atoms with van der Waals surface area (Å²) in [6.45, 7) is 0. The van der Waals surface area contributed by atoms with Crippen LogP contribution in [0.4, 0.5) is 0 Å². The summed E-state index contributed by atoms with van der Waals surface area (Å²) in [6, 6.07) is 5.54.